The summed E-state index contributed by atoms with van der Waals surface area (Å²) in [6.07, 6.45) is 10.1. The molecule has 0 aliphatic heterocycles. The minimum absolute atomic E-state index is 0.0469. The van der Waals surface area contributed by atoms with E-state index in [-0.39, 0.29) is 6.10 Å². The summed E-state index contributed by atoms with van der Waals surface area (Å²) in [5, 5.41) is 10.3. The van der Waals surface area contributed by atoms with Crippen LogP contribution in [0.2, 0.25) is 0 Å². The van der Waals surface area contributed by atoms with Crippen molar-refractivity contribution in [3.05, 3.63) is 0 Å². The average molecular weight is 242 g/mol. The molecule has 17 heavy (non-hydrogen) atoms. The van der Waals surface area contributed by atoms with Crippen LogP contribution in [0.25, 0.3) is 0 Å². The maximum atomic E-state index is 10.3. The molecule has 0 saturated heterocycles. The second-order valence-corrected chi connectivity index (χ2v) is 6.49. The van der Waals surface area contributed by atoms with Crippen LogP contribution in [0.5, 0.6) is 0 Å². The summed E-state index contributed by atoms with van der Waals surface area (Å²) < 4.78 is 1.07. The Morgan fingerprint density at radius 3 is 2.35 bits per heavy atom. The van der Waals surface area contributed by atoms with Crippen molar-refractivity contribution in [2.45, 2.75) is 64.4 Å². The topological polar surface area (TPSA) is 20.2 Å². The van der Waals surface area contributed by atoms with E-state index in [1.165, 1.54) is 51.5 Å². The van der Waals surface area contributed by atoms with E-state index in [1.54, 1.807) is 0 Å². The van der Waals surface area contributed by atoms with Crippen LogP contribution in [0.4, 0.5) is 0 Å². The predicted octanol–water partition coefficient (Wildman–Crippen LogP) is 3.19. The van der Waals surface area contributed by atoms with Gasteiger partial charge in [0, 0.05) is 6.42 Å². The number of nitrogens with zero attached hydrogens (tertiary/aromatic N) is 1. The molecule has 0 radical (unpaired) electrons. The van der Waals surface area contributed by atoms with E-state index in [4.69, 9.17) is 0 Å². The van der Waals surface area contributed by atoms with Gasteiger partial charge in [-0.05, 0) is 25.2 Å². The highest BCUT2D eigenvalue weighted by Crippen LogP contribution is 2.28. The van der Waals surface area contributed by atoms with E-state index < -0.39 is 0 Å². The number of hydrogen-bond donors (Lipinski definition) is 1. The Bertz CT molecular complexity index is 197. The normalized spacial score (nSPS) is 20.5. The lowest BCUT2D eigenvalue weighted by Gasteiger charge is -2.33. The van der Waals surface area contributed by atoms with Gasteiger partial charge >= 0.3 is 0 Å². The maximum Gasteiger partial charge on any atom is 0.0807 e. The van der Waals surface area contributed by atoms with E-state index in [9.17, 15) is 5.11 Å². The molecule has 1 fully saturated rings. The number of rotatable bonds is 7. The van der Waals surface area contributed by atoms with Gasteiger partial charge in [-0.3, -0.25) is 0 Å². The zero-order valence-corrected chi connectivity index (χ0v) is 12.1. The van der Waals surface area contributed by atoms with Gasteiger partial charge in [-0.2, -0.15) is 0 Å². The molecule has 0 heterocycles. The van der Waals surface area contributed by atoms with Gasteiger partial charge < -0.3 is 9.59 Å². The van der Waals surface area contributed by atoms with Crippen molar-refractivity contribution in [2.24, 2.45) is 5.92 Å². The van der Waals surface area contributed by atoms with E-state index in [1.807, 2.05) is 0 Å². The molecule has 0 aromatic heterocycles. The SMILES string of the molecule is CCCC[N+](C)(C)CCC(O)C1CCCCC1. The van der Waals surface area contributed by atoms with Crippen molar-refractivity contribution < 1.29 is 9.59 Å². The number of aliphatic hydroxyl groups is 1. The Balaban J connectivity index is 2.23. The summed E-state index contributed by atoms with van der Waals surface area (Å²) in [5.41, 5.74) is 0. The van der Waals surface area contributed by atoms with Crippen molar-refractivity contribution >= 4 is 0 Å². The second kappa shape index (κ2) is 7.38. The minimum atomic E-state index is -0.0469. The van der Waals surface area contributed by atoms with Crippen molar-refractivity contribution in [3.63, 3.8) is 0 Å². The van der Waals surface area contributed by atoms with Gasteiger partial charge in [0.25, 0.3) is 0 Å². The lowest BCUT2D eigenvalue weighted by Crippen LogP contribution is -2.43. The Morgan fingerprint density at radius 2 is 1.76 bits per heavy atom. The van der Waals surface area contributed by atoms with Crippen LogP contribution in [0, 0.1) is 5.92 Å². The number of unbranched alkanes of at least 4 members (excludes halogenated alkanes) is 1. The first kappa shape index (κ1) is 15.0. The fraction of sp³-hybridized carbons (Fsp3) is 1.00. The third-order valence-corrected chi connectivity index (χ3v) is 4.34. The largest absolute Gasteiger partial charge is 0.393 e. The molecule has 0 bridgehead atoms. The maximum absolute atomic E-state index is 10.3. The van der Waals surface area contributed by atoms with E-state index >= 15 is 0 Å². The highest BCUT2D eigenvalue weighted by molar-refractivity contribution is 4.73. The van der Waals surface area contributed by atoms with Gasteiger partial charge in [0.05, 0.1) is 33.3 Å². The van der Waals surface area contributed by atoms with Gasteiger partial charge in [-0.1, -0.05) is 32.6 Å². The Hall–Kier alpha value is -0.0800. The highest BCUT2D eigenvalue weighted by Gasteiger charge is 2.24. The van der Waals surface area contributed by atoms with Crippen LogP contribution in [0.15, 0.2) is 0 Å². The fourth-order valence-corrected chi connectivity index (χ4v) is 2.93. The summed E-state index contributed by atoms with van der Waals surface area (Å²) in [6, 6.07) is 0. The minimum Gasteiger partial charge on any atom is -0.393 e. The van der Waals surface area contributed by atoms with Crippen molar-refractivity contribution in [1.82, 2.24) is 0 Å². The molecule has 0 aromatic rings. The molecule has 1 unspecified atom stereocenters. The second-order valence-electron chi connectivity index (χ2n) is 6.49. The smallest absolute Gasteiger partial charge is 0.0807 e. The van der Waals surface area contributed by atoms with Gasteiger partial charge in [0.15, 0.2) is 0 Å². The van der Waals surface area contributed by atoms with Gasteiger partial charge in [0.1, 0.15) is 0 Å². The van der Waals surface area contributed by atoms with E-state index in [2.05, 4.69) is 21.0 Å². The number of aliphatic hydroxyl groups excluding tert-OH is 1. The molecule has 0 spiro atoms. The first-order valence-electron chi connectivity index (χ1n) is 7.55. The summed E-state index contributed by atoms with van der Waals surface area (Å²) in [6.45, 7) is 4.61. The monoisotopic (exact) mass is 242 g/mol. The van der Waals surface area contributed by atoms with Crippen LogP contribution in [0.1, 0.15) is 58.3 Å². The average Bonchev–Trinajstić information content (AvgIpc) is 2.35. The number of hydrogen-bond acceptors (Lipinski definition) is 1. The van der Waals surface area contributed by atoms with Gasteiger partial charge in [-0.15, -0.1) is 0 Å². The molecular formula is C15H32NO+. The van der Waals surface area contributed by atoms with Crippen molar-refractivity contribution in [2.75, 3.05) is 27.2 Å². The lowest BCUT2D eigenvalue weighted by molar-refractivity contribution is -0.891. The van der Waals surface area contributed by atoms with E-state index in [0.717, 1.165) is 17.4 Å². The first-order chi connectivity index (χ1) is 8.05. The van der Waals surface area contributed by atoms with Crippen LogP contribution in [-0.4, -0.2) is 42.9 Å². The third-order valence-electron chi connectivity index (χ3n) is 4.34. The van der Waals surface area contributed by atoms with Crippen LogP contribution >= 0.6 is 0 Å². The van der Waals surface area contributed by atoms with Crippen molar-refractivity contribution in [1.29, 1.82) is 0 Å². The Kier molecular flexibility index (Phi) is 6.50. The van der Waals surface area contributed by atoms with Crippen LogP contribution < -0.4 is 0 Å². The molecule has 1 aliphatic carbocycles. The van der Waals surface area contributed by atoms with Crippen molar-refractivity contribution in [3.8, 4) is 0 Å². The van der Waals surface area contributed by atoms with Crippen LogP contribution in [0.3, 0.4) is 0 Å². The third kappa shape index (κ3) is 5.87. The van der Waals surface area contributed by atoms with Gasteiger partial charge in [-0.25, -0.2) is 0 Å². The van der Waals surface area contributed by atoms with Gasteiger partial charge in [0.2, 0.25) is 0 Å². The standard InChI is InChI=1S/C15H32NO/c1-4-5-12-16(2,3)13-11-15(17)14-9-7-6-8-10-14/h14-15,17H,4-13H2,1-3H3/q+1. The highest BCUT2D eigenvalue weighted by atomic mass is 16.3. The summed E-state index contributed by atoms with van der Waals surface area (Å²) >= 11 is 0. The molecule has 1 saturated carbocycles. The molecule has 1 rings (SSSR count). The first-order valence-corrected chi connectivity index (χ1v) is 7.55. The Labute approximate surface area is 108 Å². The lowest BCUT2D eigenvalue weighted by atomic mass is 9.84. The molecule has 1 aliphatic rings. The fourth-order valence-electron chi connectivity index (χ4n) is 2.93. The molecule has 2 heteroatoms. The summed E-state index contributed by atoms with van der Waals surface area (Å²) in [5.74, 6) is 0.593. The summed E-state index contributed by atoms with van der Waals surface area (Å²) in [4.78, 5) is 0. The zero-order valence-electron chi connectivity index (χ0n) is 12.1. The molecule has 1 atom stereocenters. The molecule has 1 N–H and O–H groups in total. The molecule has 102 valence electrons. The summed E-state index contributed by atoms with van der Waals surface area (Å²) in [7, 11) is 4.59. The quantitative estimate of drug-likeness (QED) is 0.680. The Morgan fingerprint density at radius 1 is 1.12 bits per heavy atom. The molecule has 0 aromatic carbocycles. The molecule has 2 nitrogen and oxygen atoms in total. The molecule has 0 amide bonds. The number of quaternary nitrogens is 1. The predicted molar refractivity (Wildman–Crippen MR) is 73.9 cm³/mol. The molecular weight excluding hydrogens is 210 g/mol. The zero-order chi connectivity index (χ0) is 12.7. The van der Waals surface area contributed by atoms with Crippen LogP contribution in [-0.2, 0) is 0 Å². The van der Waals surface area contributed by atoms with E-state index in [0.29, 0.717) is 5.92 Å².